The highest BCUT2D eigenvalue weighted by atomic mass is 35.5. The lowest BCUT2D eigenvalue weighted by Gasteiger charge is -2.13. The molecular formula is C22H24ClN3O3. The van der Waals surface area contributed by atoms with Crippen LogP contribution in [-0.2, 0) is 6.42 Å². The zero-order valence-electron chi connectivity index (χ0n) is 16.8. The number of nitrogens with zero attached hydrogens (tertiary/aromatic N) is 2. The fraction of sp³-hybridized carbons (Fsp3) is 0.318. The summed E-state index contributed by atoms with van der Waals surface area (Å²) in [5.74, 6) is 3.13. The second-order valence-electron chi connectivity index (χ2n) is 6.89. The molecule has 0 fully saturated rings. The minimum atomic E-state index is 0.628. The normalized spacial score (nSPS) is 13.2. The molecule has 0 unspecified atom stereocenters. The summed E-state index contributed by atoms with van der Waals surface area (Å²) < 4.78 is 18.4. The van der Waals surface area contributed by atoms with Crippen molar-refractivity contribution in [1.29, 1.82) is 0 Å². The zero-order chi connectivity index (χ0) is 20.4. The molecule has 1 aliphatic rings. The van der Waals surface area contributed by atoms with Gasteiger partial charge in [-0.3, -0.25) is 0 Å². The summed E-state index contributed by atoms with van der Waals surface area (Å²) in [5, 5.41) is 9.16. The Kier molecular flexibility index (Phi) is 5.53. The van der Waals surface area contributed by atoms with Crippen LogP contribution in [0.25, 0.3) is 16.9 Å². The van der Waals surface area contributed by atoms with Crippen molar-refractivity contribution < 1.29 is 14.2 Å². The Bertz CT molecular complexity index is 1010. The molecule has 0 radical (unpaired) electrons. The minimum absolute atomic E-state index is 0.628. The van der Waals surface area contributed by atoms with E-state index in [4.69, 9.17) is 30.9 Å². The first-order chi connectivity index (χ1) is 14.1. The lowest BCUT2D eigenvalue weighted by molar-refractivity contribution is 0.394. The topological polar surface area (TPSA) is 57.5 Å². The van der Waals surface area contributed by atoms with E-state index >= 15 is 0 Å². The van der Waals surface area contributed by atoms with Gasteiger partial charge in [-0.1, -0.05) is 11.6 Å². The van der Waals surface area contributed by atoms with Crippen molar-refractivity contribution in [1.82, 2.24) is 9.78 Å². The van der Waals surface area contributed by atoms with Crippen molar-refractivity contribution in [2.45, 2.75) is 19.3 Å². The van der Waals surface area contributed by atoms with E-state index in [2.05, 4.69) is 5.32 Å². The average Bonchev–Trinajstić information content (AvgIpc) is 2.93. The van der Waals surface area contributed by atoms with Gasteiger partial charge in [0, 0.05) is 28.8 Å². The number of nitrogens with one attached hydrogen (secondary N) is 1. The van der Waals surface area contributed by atoms with Gasteiger partial charge in [0.05, 0.1) is 27.0 Å². The number of ether oxygens (including phenoxy) is 3. The van der Waals surface area contributed by atoms with Crippen molar-refractivity contribution in [3.8, 4) is 34.2 Å². The van der Waals surface area contributed by atoms with Crippen LogP contribution < -0.4 is 19.5 Å². The van der Waals surface area contributed by atoms with Crippen LogP contribution in [0.15, 0.2) is 36.4 Å². The second kappa shape index (κ2) is 8.25. The smallest absolute Gasteiger partial charge is 0.144 e. The molecule has 1 aromatic heterocycles. The monoisotopic (exact) mass is 413 g/mol. The molecule has 0 amide bonds. The average molecular weight is 414 g/mol. The second-order valence-corrected chi connectivity index (χ2v) is 7.33. The summed E-state index contributed by atoms with van der Waals surface area (Å²) in [7, 11) is 4.95. The van der Waals surface area contributed by atoms with E-state index < -0.39 is 0 Å². The van der Waals surface area contributed by atoms with Gasteiger partial charge in [-0.15, -0.1) is 0 Å². The molecule has 4 rings (SSSR count). The molecule has 6 nitrogen and oxygen atoms in total. The third-order valence-electron chi connectivity index (χ3n) is 5.12. The van der Waals surface area contributed by atoms with Crippen LogP contribution in [-0.4, -0.2) is 37.7 Å². The molecule has 0 atom stereocenters. The zero-order valence-corrected chi connectivity index (χ0v) is 17.5. The first-order valence-electron chi connectivity index (χ1n) is 9.57. The third-order valence-corrected chi connectivity index (χ3v) is 5.36. The lowest BCUT2D eigenvalue weighted by Crippen LogP contribution is -2.08. The largest absolute Gasteiger partial charge is 0.497 e. The van der Waals surface area contributed by atoms with Crippen LogP contribution in [0.5, 0.6) is 17.2 Å². The molecule has 0 aliphatic carbocycles. The Morgan fingerprint density at radius 3 is 2.41 bits per heavy atom. The van der Waals surface area contributed by atoms with E-state index in [1.807, 2.05) is 41.1 Å². The molecule has 0 saturated carbocycles. The fourth-order valence-corrected chi connectivity index (χ4v) is 3.85. The van der Waals surface area contributed by atoms with Crippen molar-refractivity contribution in [2.75, 3.05) is 33.2 Å². The molecule has 0 bridgehead atoms. The van der Waals surface area contributed by atoms with Crippen LogP contribution in [0.1, 0.15) is 18.4 Å². The molecule has 1 N–H and O–H groups in total. The Labute approximate surface area is 175 Å². The van der Waals surface area contributed by atoms with E-state index in [0.717, 1.165) is 60.1 Å². The first-order valence-corrected chi connectivity index (χ1v) is 9.95. The molecule has 0 saturated heterocycles. The molecule has 7 heteroatoms. The maximum absolute atomic E-state index is 6.29. The van der Waals surface area contributed by atoms with Crippen molar-refractivity contribution in [3.63, 3.8) is 0 Å². The van der Waals surface area contributed by atoms with Gasteiger partial charge in [-0.2, -0.15) is 5.10 Å². The summed E-state index contributed by atoms with van der Waals surface area (Å²) in [6.07, 6.45) is 3.12. The summed E-state index contributed by atoms with van der Waals surface area (Å²) in [5.41, 5.74) is 3.81. The number of fused-ring (bicyclic) bond motifs is 1. The first kappa shape index (κ1) is 19.5. The molecule has 0 spiro atoms. The van der Waals surface area contributed by atoms with Crippen LogP contribution >= 0.6 is 11.6 Å². The van der Waals surface area contributed by atoms with Crippen molar-refractivity contribution >= 4 is 17.4 Å². The van der Waals surface area contributed by atoms with Gasteiger partial charge in [0.2, 0.25) is 0 Å². The lowest BCUT2D eigenvalue weighted by atomic mass is 10.0. The van der Waals surface area contributed by atoms with E-state index in [1.165, 1.54) is 5.56 Å². The molecule has 1 aliphatic heterocycles. The number of benzene rings is 2. The number of halogens is 1. The highest BCUT2D eigenvalue weighted by Crippen LogP contribution is 2.39. The quantitative estimate of drug-likeness (QED) is 0.640. The summed E-state index contributed by atoms with van der Waals surface area (Å²) >= 11 is 6.29. The van der Waals surface area contributed by atoms with Crippen LogP contribution in [0.2, 0.25) is 5.02 Å². The van der Waals surface area contributed by atoms with Gasteiger partial charge in [-0.25, -0.2) is 4.68 Å². The standard InChI is InChI=1S/C22H24ClN3O3/c1-27-16-10-14(11-17(13-16)28-2)21-18-6-4-5-9-24-22(18)26(25-21)19-12-15(23)7-8-20(19)29-3/h7-8,10-13,24H,4-6,9H2,1-3H3. The van der Waals surface area contributed by atoms with Crippen LogP contribution in [0.4, 0.5) is 5.82 Å². The summed E-state index contributed by atoms with van der Waals surface area (Å²) in [4.78, 5) is 0. The highest BCUT2D eigenvalue weighted by Gasteiger charge is 2.24. The predicted molar refractivity (Wildman–Crippen MR) is 115 cm³/mol. The van der Waals surface area contributed by atoms with E-state index in [0.29, 0.717) is 10.8 Å². The maximum atomic E-state index is 6.29. The van der Waals surface area contributed by atoms with E-state index in [1.54, 1.807) is 21.3 Å². The molecule has 2 aromatic carbocycles. The van der Waals surface area contributed by atoms with Gasteiger partial charge < -0.3 is 19.5 Å². The summed E-state index contributed by atoms with van der Waals surface area (Å²) in [6.45, 7) is 0.891. The number of hydrogen-bond donors (Lipinski definition) is 1. The SMILES string of the molecule is COc1cc(OC)cc(-c2nn(-c3cc(Cl)ccc3OC)c3c2CCCCN3)c1. The number of methoxy groups -OCH3 is 3. The third kappa shape index (κ3) is 3.72. The number of anilines is 1. The van der Waals surface area contributed by atoms with E-state index in [-0.39, 0.29) is 0 Å². The molecule has 3 aromatic rings. The van der Waals surface area contributed by atoms with Gasteiger partial charge >= 0.3 is 0 Å². The van der Waals surface area contributed by atoms with Gasteiger partial charge in [0.25, 0.3) is 0 Å². The molecule has 2 heterocycles. The highest BCUT2D eigenvalue weighted by molar-refractivity contribution is 6.30. The van der Waals surface area contributed by atoms with E-state index in [9.17, 15) is 0 Å². The van der Waals surface area contributed by atoms with Gasteiger partial charge in [0.15, 0.2) is 0 Å². The van der Waals surface area contributed by atoms with Crippen LogP contribution in [0.3, 0.4) is 0 Å². The maximum Gasteiger partial charge on any atom is 0.144 e. The molecular weight excluding hydrogens is 390 g/mol. The molecule has 152 valence electrons. The van der Waals surface area contributed by atoms with Gasteiger partial charge in [0.1, 0.15) is 28.8 Å². The van der Waals surface area contributed by atoms with Crippen LogP contribution in [0, 0.1) is 0 Å². The Morgan fingerprint density at radius 1 is 0.966 bits per heavy atom. The Balaban J connectivity index is 1.95. The number of rotatable bonds is 5. The predicted octanol–water partition coefficient (Wildman–Crippen LogP) is 4.97. The number of hydrogen-bond acceptors (Lipinski definition) is 5. The number of aromatic nitrogens is 2. The van der Waals surface area contributed by atoms with Crippen molar-refractivity contribution in [2.24, 2.45) is 0 Å². The molecule has 29 heavy (non-hydrogen) atoms. The minimum Gasteiger partial charge on any atom is -0.497 e. The Hall–Kier alpha value is -2.86. The Morgan fingerprint density at radius 2 is 1.72 bits per heavy atom. The summed E-state index contributed by atoms with van der Waals surface area (Å²) in [6, 6.07) is 11.4. The van der Waals surface area contributed by atoms with Crippen molar-refractivity contribution in [3.05, 3.63) is 47.0 Å². The van der Waals surface area contributed by atoms with Gasteiger partial charge in [-0.05, 0) is 49.6 Å². The fourth-order valence-electron chi connectivity index (χ4n) is 3.68.